The van der Waals surface area contributed by atoms with Crippen LogP contribution >= 0.6 is 0 Å². The standard InChI is InChI=1S/C28H38N2O3/c1-5-8-9-10-11-19-29-28(32)30(4)26-14-12-13-25(21-26)24-17-15-22(16-18-24)20-23(6-2)27(31)33-7-3/h12-18,20-21H,5-11,19H2,1-4H3,(H,29,32). The van der Waals surface area contributed by atoms with E-state index in [0.29, 0.717) is 25.1 Å². The number of hydrogen-bond acceptors (Lipinski definition) is 3. The SMILES string of the molecule is CCCCCCCNC(=O)N(C)c1cccc(-c2ccc(C=C(CC)C(=O)OCC)cc2)c1. The minimum atomic E-state index is -0.265. The van der Waals surface area contributed by atoms with Gasteiger partial charge in [-0.2, -0.15) is 0 Å². The first kappa shape index (κ1) is 26.2. The third kappa shape index (κ3) is 8.41. The van der Waals surface area contributed by atoms with E-state index < -0.39 is 0 Å². The lowest BCUT2D eigenvalue weighted by atomic mass is 10.0. The molecule has 2 amide bonds. The van der Waals surface area contributed by atoms with Crippen molar-refractivity contribution in [3.63, 3.8) is 0 Å². The Morgan fingerprint density at radius 1 is 0.939 bits per heavy atom. The molecule has 5 heteroatoms. The van der Waals surface area contributed by atoms with E-state index in [2.05, 4.69) is 12.2 Å². The number of urea groups is 1. The maximum atomic E-state index is 12.5. The lowest BCUT2D eigenvalue weighted by molar-refractivity contribution is -0.138. The number of carbonyl (C=O) groups is 2. The van der Waals surface area contributed by atoms with Crippen molar-refractivity contribution in [2.45, 2.75) is 59.3 Å². The maximum absolute atomic E-state index is 12.5. The predicted molar refractivity (Wildman–Crippen MR) is 137 cm³/mol. The molecule has 0 radical (unpaired) electrons. The highest BCUT2D eigenvalue weighted by Gasteiger charge is 2.11. The molecule has 0 aliphatic carbocycles. The lowest BCUT2D eigenvalue weighted by Crippen LogP contribution is -2.37. The molecular weight excluding hydrogens is 412 g/mol. The molecule has 0 saturated heterocycles. The van der Waals surface area contributed by atoms with Gasteiger partial charge in [-0.15, -0.1) is 0 Å². The third-order valence-electron chi connectivity index (χ3n) is 5.60. The molecule has 2 rings (SSSR count). The first-order valence-corrected chi connectivity index (χ1v) is 12.1. The summed E-state index contributed by atoms with van der Waals surface area (Å²) in [5, 5.41) is 3.01. The highest BCUT2D eigenvalue weighted by Crippen LogP contribution is 2.25. The topological polar surface area (TPSA) is 58.6 Å². The molecule has 0 heterocycles. The number of unbranched alkanes of at least 4 members (excludes halogenated alkanes) is 4. The van der Waals surface area contributed by atoms with E-state index >= 15 is 0 Å². The fraction of sp³-hybridized carbons (Fsp3) is 0.429. The Kier molecular flexibility index (Phi) is 11.2. The van der Waals surface area contributed by atoms with Gasteiger partial charge >= 0.3 is 12.0 Å². The minimum Gasteiger partial charge on any atom is -0.463 e. The van der Waals surface area contributed by atoms with Gasteiger partial charge in [-0.1, -0.05) is 75.9 Å². The summed E-state index contributed by atoms with van der Waals surface area (Å²) in [6.07, 6.45) is 8.35. The average Bonchev–Trinajstić information content (AvgIpc) is 2.84. The quantitative estimate of drug-likeness (QED) is 0.219. The van der Waals surface area contributed by atoms with Crippen molar-refractivity contribution >= 4 is 23.8 Å². The molecule has 5 nitrogen and oxygen atoms in total. The summed E-state index contributed by atoms with van der Waals surface area (Å²) in [6, 6.07) is 15.9. The third-order valence-corrected chi connectivity index (χ3v) is 5.60. The molecule has 0 fully saturated rings. The van der Waals surface area contributed by atoms with Crippen molar-refractivity contribution in [3.8, 4) is 11.1 Å². The van der Waals surface area contributed by atoms with Crippen LogP contribution in [0.2, 0.25) is 0 Å². The van der Waals surface area contributed by atoms with Crippen LogP contribution in [0.25, 0.3) is 17.2 Å². The number of ether oxygens (including phenoxy) is 1. The number of benzene rings is 2. The van der Waals surface area contributed by atoms with E-state index in [1.807, 2.05) is 68.5 Å². The Labute approximate surface area is 198 Å². The maximum Gasteiger partial charge on any atom is 0.333 e. The predicted octanol–water partition coefficient (Wildman–Crippen LogP) is 6.83. The highest BCUT2D eigenvalue weighted by molar-refractivity contribution is 5.94. The molecule has 0 unspecified atom stereocenters. The average molecular weight is 451 g/mol. The van der Waals surface area contributed by atoms with Crippen molar-refractivity contribution in [3.05, 3.63) is 59.7 Å². The van der Waals surface area contributed by atoms with Crippen LogP contribution in [0.5, 0.6) is 0 Å². The van der Waals surface area contributed by atoms with E-state index in [4.69, 9.17) is 4.74 Å². The van der Waals surface area contributed by atoms with Gasteiger partial charge in [-0.25, -0.2) is 9.59 Å². The van der Waals surface area contributed by atoms with Gasteiger partial charge in [-0.3, -0.25) is 4.90 Å². The number of rotatable bonds is 12. The summed E-state index contributed by atoms with van der Waals surface area (Å²) >= 11 is 0. The second-order valence-corrected chi connectivity index (χ2v) is 8.12. The highest BCUT2D eigenvalue weighted by atomic mass is 16.5. The van der Waals surface area contributed by atoms with Gasteiger partial charge in [-0.05, 0) is 54.7 Å². The summed E-state index contributed by atoms with van der Waals surface area (Å²) in [4.78, 5) is 26.2. The number of amides is 2. The molecule has 0 spiro atoms. The van der Waals surface area contributed by atoms with Crippen LogP contribution in [0.15, 0.2) is 54.1 Å². The second kappa shape index (κ2) is 14.1. The summed E-state index contributed by atoms with van der Waals surface area (Å²) in [6.45, 7) is 7.03. The first-order chi connectivity index (χ1) is 16.0. The van der Waals surface area contributed by atoms with Crippen LogP contribution in [-0.4, -0.2) is 32.2 Å². The minimum absolute atomic E-state index is 0.0887. The molecule has 0 aliphatic rings. The zero-order valence-electron chi connectivity index (χ0n) is 20.5. The largest absolute Gasteiger partial charge is 0.463 e. The molecule has 178 valence electrons. The molecule has 0 atom stereocenters. The van der Waals surface area contributed by atoms with Crippen molar-refractivity contribution in [1.29, 1.82) is 0 Å². The lowest BCUT2D eigenvalue weighted by Gasteiger charge is -2.19. The molecule has 0 aromatic heterocycles. The van der Waals surface area contributed by atoms with Crippen molar-refractivity contribution in [1.82, 2.24) is 5.32 Å². The second-order valence-electron chi connectivity index (χ2n) is 8.12. The van der Waals surface area contributed by atoms with Gasteiger partial charge in [0.15, 0.2) is 0 Å². The van der Waals surface area contributed by atoms with Crippen LogP contribution < -0.4 is 10.2 Å². The van der Waals surface area contributed by atoms with Crippen molar-refractivity contribution < 1.29 is 14.3 Å². The van der Waals surface area contributed by atoms with Crippen LogP contribution in [0.4, 0.5) is 10.5 Å². The first-order valence-electron chi connectivity index (χ1n) is 12.1. The number of nitrogens with one attached hydrogen (secondary N) is 1. The Bertz CT molecular complexity index is 919. The van der Waals surface area contributed by atoms with E-state index in [9.17, 15) is 9.59 Å². The fourth-order valence-corrected chi connectivity index (χ4v) is 3.56. The van der Waals surface area contributed by atoms with Crippen LogP contribution in [0.1, 0.15) is 64.9 Å². The zero-order valence-corrected chi connectivity index (χ0v) is 20.5. The van der Waals surface area contributed by atoms with Gasteiger partial charge in [0, 0.05) is 24.9 Å². The van der Waals surface area contributed by atoms with Crippen LogP contribution in [0, 0.1) is 0 Å². The molecule has 2 aromatic carbocycles. The Morgan fingerprint density at radius 3 is 2.33 bits per heavy atom. The van der Waals surface area contributed by atoms with Crippen LogP contribution in [-0.2, 0) is 9.53 Å². The molecule has 2 aromatic rings. The molecule has 0 bridgehead atoms. The van der Waals surface area contributed by atoms with E-state index in [1.165, 1.54) is 19.3 Å². The fourth-order valence-electron chi connectivity index (χ4n) is 3.56. The number of carbonyl (C=O) groups excluding carboxylic acids is 2. The molecule has 0 saturated carbocycles. The Hall–Kier alpha value is -3.08. The van der Waals surface area contributed by atoms with Gasteiger partial charge in [0.1, 0.15) is 0 Å². The van der Waals surface area contributed by atoms with Gasteiger partial charge in [0.2, 0.25) is 0 Å². The molecule has 1 N–H and O–H groups in total. The van der Waals surface area contributed by atoms with Gasteiger partial charge in [0.05, 0.1) is 6.61 Å². The van der Waals surface area contributed by atoms with Gasteiger partial charge < -0.3 is 10.1 Å². The number of nitrogens with zero attached hydrogens (tertiary/aromatic N) is 1. The summed E-state index contributed by atoms with van der Waals surface area (Å²) in [5.41, 5.74) is 4.53. The summed E-state index contributed by atoms with van der Waals surface area (Å²) in [5.74, 6) is -0.265. The number of esters is 1. The molecule has 33 heavy (non-hydrogen) atoms. The van der Waals surface area contributed by atoms with E-state index in [1.54, 1.807) is 11.9 Å². The Balaban J connectivity index is 2.03. The summed E-state index contributed by atoms with van der Waals surface area (Å²) < 4.78 is 5.12. The molecular formula is C28H38N2O3. The van der Waals surface area contributed by atoms with Gasteiger partial charge in [0.25, 0.3) is 0 Å². The zero-order chi connectivity index (χ0) is 24.1. The van der Waals surface area contributed by atoms with E-state index in [-0.39, 0.29) is 12.0 Å². The molecule has 0 aliphatic heterocycles. The van der Waals surface area contributed by atoms with E-state index in [0.717, 1.165) is 35.2 Å². The number of anilines is 1. The monoisotopic (exact) mass is 450 g/mol. The van der Waals surface area contributed by atoms with Crippen LogP contribution in [0.3, 0.4) is 0 Å². The van der Waals surface area contributed by atoms with Crippen molar-refractivity contribution in [2.24, 2.45) is 0 Å². The normalized spacial score (nSPS) is 11.2. The summed E-state index contributed by atoms with van der Waals surface area (Å²) in [7, 11) is 1.79. The Morgan fingerprint density at radius 2 is 1.67 bits per heavy atom. The van der Waals surface area contributed by atoms with Crippen molar-refractivity contribution in [2.75, 3.05) is 25.1 Å². The number of hydrogen-bond donors (Lipinski definition) is 1. The smallest absolute Gasteiger partial charge is 0.333 e.